The van der Waals surface area contributed by atoms with Gasteiger partial charge in [0.25, 0.3) is 6.29 Å². The zero-order valence-corrected chi connectivity index (χ0v) is 9.69. The summed E-state index contributed by atoms with van der Waals surface area (Å²) in [4.78, 5) is 22.2. The van der Waals surface area contributed by atoms with Gasteiger partial charge in [-0.2, -0.15) is 0 Å². The van der Waals surface area contributed by atoms with E-state index in [2.05, 4.69) is 0 Å². The van der Waals surface area contributed by atoms with Crippen molar-refractivity contribution in [2.24, 2.45) is 0 Å². The Morgan fingerprint density at radius 2 is 2.27 bits per heavy atom. The molecule has 1 N–H and O–H groups in total. The number of carbonyl (C=O) groups is 1. The van der Waals surface area contributed by atoms with E-state index >= 15 is 0 Å². The van der Waals surface area contributed by atoms with E-state index in [1.165, 1.54) is 0 Å². The van der Waals surface area contributed by atoms with Crippen LogP contribution in [0.1, 0.15) is 40.0 Å². The van der Waals surface area contributed by atoms with Gasteiger partial charge in [0.05, 0.1) is 6.42 Å². The molecule has 1 fully saturated rings. The van der Waals surface area contributed by atoms with E-state index in [4.69, 9.17) is 9.53 Å². The van der Waals surface area contributed by atoms with Gasteiger partial charge in [-0.1, -0.05) is 0 Å². The first-order chi connectivity index (χ1) is 6.94. The fraction of sp³-hybridized carbons (Fsp3) is 0.818. The van der Waals surface area contributed by atoms with Crippen molar-refractivity contribution in [3.05, 3.63) is 0 Å². The molecule has 1 rings (SSSR count). The van der Waals surface area contributed by atoms with E-state index < -0.39 is 5.60 Å². The largest absolute Gasteiger partial charge is 0.444 e. The zero-order valence-electron chi connectivity index (χ0n) is 9.69. The Labute approximate surface area is 90.6 Å². The highest BCUT2D eigenvalue weighted by Crippen LogP contribution is 2.22. The van der Waals surface area contributed by atoms with Crippen LogP contribution < -0.4 is 0 Å². The molecule has 1 amide bonds. The van der Waals surface area contributed by atoms with Crippen LogP contribution in [0.25, 0.3) is 0 Å². The third-order valence-electron chi connectivity index (χ3n) is 2.38. The average molecular weight is 214 g/mol. The summed E-state index contributed by atoms with van der Waals surface area (Å²) in [5, 5.41) is 0. The molecule has 1 unspecified atom stereocenters. The van der Waals surface area contributed by atoms with Crippen molar-refractivity contribution in [1.82, 2.24) is 4.90 Å². The van der Waals surface area contributed by atoms with Crippen molar-refractivity contribution in [3.63, 3.8) is 0 Å². The van der Waals surface area contributed by atoms with Crippen LogP contribution in [0.5, 0.6) is 0 Å². The van der Waals surface area contributed by atoms with Crippen LogP contribution in [0.3, 0.4) is 0 Å². The molecule has 0 saturated carbocycles. The highest BCUT2D eigenvalue weighted by molar-refractivity contribution is 5.69. The Hall–Kier alpha value is -1.06. The number of rotatable bonds is 2. The number of aldehydes is 1. The molecule has 0 aromatic carbocycles. The van der Waals surface area contributed by atoms with Gasteiger partial charge in [-0.3, -0.25) is 4.79 Å². The van der Waals surface area contributed by atoms with Crippen molar-refractivity contribution >= 4 is 12.4 Å². The van der Waals surface area contributed by atoms with Crippen molar-refractivity contribution in [2.75, 3.05) is 6.54 Å². The first-order valence-electron chi connectivity index (χ1n) is 5.39. The van der Waals surface area contributed by atoms with Crippen molar-refractivity contribution in [3.8, 4) is 0 Å². The fourth-order valence-electron chi connectivity index (χ4n) is 1.76. The van der Waals surface area contributed by atoms with Crippen LogP contribution in [-0.2, 0) is 4.74 Å². The highest BCUT2D eigenvalue weighted by Gasteiger charge is 2.32. The predicted octanol–water partition coefficient (Wildman–Crippen LogP) is 1.95. The van der Waals surface area contributed by atoms with Gasteiger partial charge in [-0.25, -0.2) is 4.79 Å². The van der Waals surface area contributed by atoms with Crippen molar-refractivity contribution in [1.29, 1.82) is 0 Å². The minimum Gasteiger partial charge on any atom is -0.444 e. The molecular weight excluding hydrogens is 194 g/mol. The van der Waals surface area contributed by atoms with E-state index in [1.54, 1.807) is 4.90 Å². The first-order valence-corrected chi connectivity index (χ1v) is 5.39. The topological polar surface area (TPSA) is 50.9 Å². The maximum atomic E-state index is 11.8. The predicted molar refractivity (Wildman–Crippen MR) is 58.6 cm³/mol. The average Bonchev–Trinajstić information content (AvgIpc) is 2.49. The van der Waals surface area contributed by atoms with Gasteiger partial charge in [0, 0.05) is 12.6 Å². The maximum Gasteiger partial charge on any atom is 0.410 e. The molecule has 0 aromatic heterocycles. The molecule has 4 nitrogen and oxygen atoms in total. The second-order valence-corrected chi connectivity index (χ2v) is 4.89. The summed E-state index contributed by atoms with van der Waals surface area (Å²) < 4.78 is 5.29. The molecular formula is C11H20NO3+. The summed E-state index contributed by atoms with van der Waals surface area (Å²) in [5.74, 6) is 0. The van der Waals surface area contributed by atoms with Gasteiger partial charge >= 0.3 is 6.09 Å². The molecule has 1 saturated heterocycles. The standard InChI is InChI=1S/C11H19NO3/c1-11(2,3)15-10(14)12-7-4-5-9(12)6-8-13/h8-9H,4-7H2,1-3H3/p+1. The van der Waals surface area contributed by atoms with Gasteiger partial charge in [-0.05, 0) is 33.6 Å². The second kappa shape index (κ2) is 4.64. The number of amides is 1. The summed E-state index contributed by atoms with van der Waals surface area (Å²) in [6, 6.07) is 0.102. The maximum absolute atomic E-state index is 11.8. The SMILES string of the molecule is CC(C)(C)OC(=O)N1CCCC1CC=[OH+]. The molecule has 1 aliphatic rings. The van der Waals surface area contributed by atoms with Crippen LogP contribution in [0.4, 0.5) is 4.79 Å². The van der Waals surface area contributed by atoms with Gasteiger partial charge in [-0.15, -0.1) is 0 Å². The van der Waals surface area contributed by atoms with E-state index in [0.717, 1.165) is 25.7 Å². The Morgan fingerprint density at radius 3 is 2.80 bits per heavy atom. The lowest BCUT2D eigenvalue weighted by molar-refractivity contribution is 0.0231. The highest BCUT2D eigenvalue weighted by atomic mass is 16.6. The van der Waals surface area contributed by atoms with Crippen LogP contribution in [0, 0.1) is 0 Å². The number of ether oxygens (including phenoxy) is 1. The smallest absolute Gasteiger partial charge is 0.410 e. The Kier molecular flexibility index (Phi) is 3.72. The van der Waals surface area contributed by atoms with Gasteiger partial charge in [0.1, 0.15) is 5.60 Å². The lowest BCUT2D eigenvalue weighted by atomic mass is 10.2. The number of nitrogens with zero attached hydrogens (tertiary/aromatic N) is 1. The molecule has 0 spiro atoms. The number of likely N-dealkylation sites (tertiary alicyclic amines) is 1. The summed E-state index contributed by atoms with van der Waals surface area (Å²) in [6.07, 6.45) is 3.30. The Morgan fingerprint density at radius 1 is 1.60 bits per heavy atom. The second-order valence-electron chi connectivity index (χ2n) is 4.89. The van der Waals surface area contributed by atoms with Crippen molar-refractivity contribution in [2.45, 2.75) is 51.7 Å². The minimum atomic E-state index is -0.451. The molecule has 0 aromatic rings. The van der Waals surface area contributed by atoms with Gasteiger partial charge in [0.2, 0.25) is 0 Å². The zero-order chi connectivity index (χ0) is 11.5. The Bertz CT molecular complexity index is 245. The van der Waals surface area contributed by atoms with Crippen LogP contribution in [-0.4, -0.2) is 40.3 Å². The lowest BCUT2D eigenvalue weighted by Crippen LogP contribution is -2.39. The molecule has 1 heterocycles. The molecule has 0 bridgehead atoms. The van der Waals surface area contributed by atoms with E-state index in [1.807, 2.05) is 20.8 Å². The molecule has 0 radical (unpaired) electrons. The van der Waals surface area contributed by atoms with E-state index in [9.17, 15) is 4.79 Å². The van der Waals surface area contributed by atoms with E-state index in [0.29, 0.717) is 6.42 Å². The monoisotopic (exact) mass is 214 g/mol. The molecule has 0 aliphatic carbocycles. The lowest BCUT2D eigenvalue weighted by Gasteiger charge is -2.27. The fourth-order valence-corrected chi connectivity index (χ4v) is 1.76. The van der Waals surface area contributed by atoms with Crippen LogP contribution >= 0.6 is 0 Å². The molecule has 86 valence electrons. The summed E-state index contributed by atoms with van der Waals surface area (Å²) in [6.45, 7) is 6.30. The molecule has 4 heteroatoms. The van der Waals surface area contributed by atoms with Crippen molar-refractivity contribution < 1.29 is 14.3 Å². The van der Waals surface area contributed by atoms with Crippen LogP contribution in [0.2, 0.25) is 0 Å². The van der Waals surface area contributed by atoms with Gasteiger partial charge in [0.15, 0.2) is 0 Å². The quantitative estimate of drug-likeness (QED) is 0.521. The Balaban J connectivity index is 2.54. The van der Waals surface area contributed by atoms with Crippen LogP contribution in [0.15, 0.2) is 0 Å². The first kappa shape index (κ1) is 12.0. The normalized spacial score (nSPS) is 21.5. The third-order valence-corrected chi connectivity index (χ3v) is 2.38. The third kappa shape index (κ3) is 3.53. The number of hydrogen-bond acceptors (Lipinski definition) is 2. The molecule has 1 aliphatic heterocycles. The summed E-state index contributed by atoms with van der Waals surface area (Å²) in [5.41, 5.74) is -0.451. The van der Waals surface area contributed by atoms with Gasteiger partial charge < -0.3 is 9.64 Å². The number of hydrogen-bond donors (Lipinski definition) is 0. The van der Waals surface area contributed by atoms with E-state index in [-0.39, 0.29) is 12.1 Å². The minimum absolute atomic E-state index is 0.102. The molecule has 1 atom stereocenters. The summed E-state index contributed by atoms with van der Waals surface area (Å²) in [7, 11) is 0. The summed E-state index contributed by atoms with van der Waals surface area (Å²) >= 11 is 0. The molecule has 15 heavy (non-hydrogen) atoms. The number of carbonyl (C=O) groups excluding carboxylic acids is 2.